The molecule has 2 rings (SSSR count). The second-order valence-corrected chi connectivity index (χ2v) is 6.64. The number of hydrogen-bond acceptors (Lipinski definition) is 2. The zero-order valence-electron chi connectivity index (χ0n) is 10.2. The first-order valence-electron chi connectivity index (χ1n) is 6.08. The van der Waals surface area contributed by atoms with Crippen LogP contribution in [0.3, 0.4) is 0 Å². The molecule has 1 nitrogen and oxygen atoms in total. The molecule has 1 N–H and O–H groups in total. The average Bonchev–Trinajstić information content (AvgIpc) is 2.79. The highest BCUT2D eigenvalue weighted by atomic mass is 35.5. The minimum atomic E-state index is 0.418. The first kappa shape index (κ1) is 12.4. The fourth-order valence-corrected chi connectivity index (χ4v) is 3.55. The smallest absolute Gasteiger partial charge is 0.0931 e. The quantitative estimate of drug-likeness (QED) is 0.842. The summed E-state index contributed by atoms with van der Waals surface area (Å²) in [7, 11) is 0. The number of halogens is 1. The van der Waals surface area contributed by atoms with Gasteiger partial charge < -0.3 is 5.32 Å². The molecule has 4 atom stereocenters. The molecule has 90 valence electrons. The van der Waals surface area contributed by atoms with Crippen LogP contribution in [0.25, 0.3) is 0 Å². The van der Waals surface area contributed by atoms with Crippen LogP contribution in [0.5, 0.6) is 0 Å². The van der Waals surface area contributed by atoms with Crippen LogP contribution in [0.2, 0.25) is 4.34 Å². The Morgan fingerprint density at radius 1 is 1.44 bits per heavy atom. The summed E-state index contributed by atoms with van der Waals surface area (Å²) in [5, 5.41) is 5.89. The van der Waals surface area contributed by atoms with E-state index < -0.39 is 0 Å². The standard InChI is InChI=1S/C13H20ClNS/c1-8-4-5-12(9(8)2)15-10(3)11-6-13(14)16-7-11/h6-10,12,15H,4-5H2,1-3H3. The lowest BCUT2D eigenvalue weighted by Gasteiger charge is -2.23. The Labute approximate surface area is 107 Å². The van der Waals surface area contributed by atoms with Crippen LogP contribution in [-0.2, 0) is 0 Å². The maximum atomic E-state index is 5.96. The van der Waals surface area contributed by atoms with Gasteiger partial charge in [-0.05, 0) is 48.6 Å². The lowest BCUT2D eigenvalue weighted by molar-refractivity contribution is 0.347. The summed E-state index contributed by atoms with van der Waals surface area (Å²) in [6, 6.07) is 3.16. The van der Waals surface area contributed by atoms with Gasteiger partial charge in [-0.1, -0.05) is 25.4 Å². The van der Waals surface area contributed by atoms with Gasteiger partial charge in [0.05, 0.1) is 4.34 Å². The van der Waals surface area contributed by atoms with Crippen molar-refractivity contribution in [2.24, 2.45) is 11.8 Å². The SMILES string of the molecule is CC(NC1CCC(C)C1C)c1csc(Cl)c1. The average molecular weight is 258 g/mol. The highest BCUT2D eigenvalue weighted by Crippen LogP contribution is 2.33. The zero-order valence-corrected chi connectivity index (χ0v) is 11.7. The predicted octanol–water partition coefficient (Wildman–Crippen LogP) is 4.49. The third-order valence-electron chi connectivity index (χ3n) is 4.02. The van der Waals surface area contributed by atoms with Crippen molar-refractivity contribution in [3.8, 4) is 0 Å². The Morgan fingerprint density at radius 3 is 2.69 bits per heavy atom. The highest BCUT2D eigenvalue weighted by molar-refractivity contribution is 7.14. The maximum absolute atomic E-state index is 5.96. The van der Waals surface area contributed by atoms with Gasteiger partial charge in [0.25, 0.3) is 0 Å². The van der Waals surface area contributed by atoms with Gasteiger partial charge in [0.2, 0.25) is 0 Å². The Kier molecular flexibility index (Phi) is 3.93. The fraction of sp³-hybridized carbons (Fsp3) is 0.692. The molecule has 0 spiro atoms. The van der Waals surface area contributed by atoms with E-state index in [-0.39, 0.29) is 0 Å². The molecule has 3 heteroatoms. The minimum Gasteiger partial charge on any atom is -0.307 e. The summed E-state index contributed by atoms with van der Waals surface area (Å²) in [6.45, 7) is 6.95. The van der Waals surface area contributed by atoms with E-state index in [1.165, 1.54) is 18.4 Å². The third-order valence-corrected chi connectivity index (χ3v) is 5.13. The van der Waals surface area contributed by atoms with E-state index in [0.29, 0.717) is 12.1 Å². The Morgan fingerprint density at radius 2 is 2.19 bits per heavy atom. The minimum absolute atomic E-state index is 0.418. The predicted molar refractivity (Wildman–Crippen MR) is 72.2 cm³/mol. The molecule has 4 unspecified atom stereocenters. The van der Waals surface area contributed by atoms with Gasteiger partial charge in [-0.15, -0.1) is 11.3 Å². The lowest BCUT2D eigenvalue weighted by Crippen LogP contribution is -2.34. The fourth-order valence-electron chi connectivity index (χ4n) is 2.57. The van der Waals surface area contributed by atoms with E-state index in [1.807, 2.05) is 0 Å². The maximum Gasteiger partial charge on any atom is 0.0931 e. The summed E-state index contributed by atoms with van der Waals surface area (Å²) in [4.78, 5) is 0. The Hall–Kier alpha value is -0.0500. The monoisotopic (exact) mass is 257 g/mol. The van der Waals surface area contributed by atoms with Crippen molar-refractivity contribution < 1.29 is 0 Å². The molecule has 1 fully saturated rings. The summed E-state index contributed by atoms with van der Waals surface area (Å²) >= 11 is 7.58. The normalized spacial score (nSPS) is 31.9. The summed E-state index contributed by atoms with van der Waals surface area (Å²) in [5.41, 5.74) is 1.32. The van der Waals surface area contributed by atoms with Crippen molar-refractivity contribution in [3.05, 3.63) is 21.3 Å². The van der Waals surface area contributed by atoms with Crippen LogP contribution in [-0.4, -0.2) is 6.04 Å². The zero-order chi connectivity index (χ0) is 11.7. The van der Waals surface area contributed by atoms with Gasteiger partial charge in [-0.25, -0.2) is 0 Å². The molecule has 0 radical (unpaired) electrons. The first-order valence-corrected chi connectivity index (χ1v) is 7.33. The van der Waals surface area contributed by atoms with Crippen LogP contribution >= 0.6 is 22.9 Å². The van der Waals surface area contributed by atoms with Crippen LogP contribution in [0.1, 0.15) is 45.2 Å². The van der Waals surface area contributed by atoms with Gasteiger partial charge in [0.15, 0.2) is 0 Å². The van der Waals surface area contributed by atoms with Gasteiger partial charge in [0, 0.05) is 12.1 Å². The second-order valence-electron chi connectivity index (χ2n) is 5.09. The first-order chi connectivity index (χ1) is 7.58. The van der Waals surface area contributed by atoms with Crippen LogP contribution in [0.4, 0.5) is 0 Å². The highest BCUT2D eigenvalue weighted by Gasteiger charge is 2.30. The third kappa shape index (κ3) is 2.61. The topological polar surface area (TPSA) is 12.0 Å². The van der Waals surface area contributed by atoms with Gasteiger partial charge in [-0.2, -0.15) is 0 Å². The van der Waals surface area contributed by atoms with Crippen LogP contribution in [0.15, 0.2) is 11.4 Å². The van der Waals surface area contributed by atoms with Gasteiger partial charge in [-0.3, -0.25) is 0 Å². The molecule has 1 aliphatic carbocycles. The van der Waals surface area contributed by atoms with E-state index in [2.05, 4.69) is 37.5 Å². The molecule has 1 aromatic heterocycles. The molecular formula is C13H20ClNS. The van der Waals surface area contributed by atoms with Crippen molar-refractivity contribution in [1.82, 2.24) is 5.32 Å². The van der Waals surface area contributed by atoms with Crippen LogP contribution < -0.4 is 5.32 Å². The van der Waals surface area contributed by atoms with Crippen LogP contribution in [0, 0.1) is 11.8 Å². The molecule has 0 bridgehead atoms. The lowest BCUT2D eigenvalue weighted by atomic mass is 9.97. The molecule has 1 saturated carbocycles. The van der Waals surface area contributed by atoms with E-state index in [0.717, 1.165) is 16.2 Å². The number of rotatable bonds is 3. The Balaban J connectivity index is 1.95. The number of thiophene rings is 1. The molecule has 0 amide bonds. The van der Waals surface area contributed by atoms with E-state index >= 15 is 0 Å². The summed E-state index contributed by atoms with van der Waals surface area (Å²) in [5.74, 6) is 1.65. The van der Waals surface area contributed by atoms with Crippen molar-refractivity contribution in [1.29, 1.82) is 0 Å². The molecule has 0 aromatic carbocycles. The van der Waals surface area contributed by atoms with Gasteiger partial charge >= 0.3 is 0 Å². The summed E-state index contributed by atoms with van der Waals surface area (Å²) < 4.78 is 0.886. The summed E-state index contributed by atoms with van der Waals surface area (Å²) in [6.07, 6.45) is 2.67. The molecule has 1 aromatic rings. The van der Waals surface area contributed by atoms with Gasteiger partial charge in [0.1, 0.15) is 0 Å². The Bertz CT molecular complexity index is 349. The van der Waals surface area contributed by atoms with Crippen molar-refractivity contribution in [3.63, 3.8) is 0 Å². The van der Waals surface area contributed by atoms with E-state index in [4.69, 9.17) is 11.6 Å². The number of hydrogen-bond donors (Lipinski definition) is 1. The van der Waals surface area contributed by atoms with Crippen molar-refractivity contribution >= 4 is 22.9 Å². The largest absolute Gasteiger partial charge is 0.307 e. The van der Waals surface area contributed by atoms with Crippen molar-refractivity contribution in [2.75, 3.05) is 0 Å². The van der Waals surface area contributed by atoms with E-state index in [9.17, 15) is 0 Å². The van der Waals surface area contributed by atoms with E-state index in [1.54, 1.807) is 11.3 Å². The second kappa shape index (κ2) is 5.07. The molecule has 0 saturated heterocycles. The molecule has 1 aliphatic rings. The molecule has 1 heterocycles. The molecule has 0 aliphatic heterocycles. The molecule has 16 heavy (non-hydrogen) atoms. The number of nitrogens with one attached hydrogen (secondary N) is 1. The molecular weight excluding hydrogens is 238 g/mol. The van der Waals surface area contributed by atoms with Crippen molar-refractivity contribution in [2.45, 2.75) is 45.7 Å².